The molecule has 0 unspecified atom stereocenters. The Hall–Kier alpha value is -0.580. The lowest BCUT2D eigenvalue weighted by Gasteiger charge is -2.17. The Morgan fingerprint density at radius 2 is 1.71 bits per heavy atom. The number of aliphatic carboxylic acids is 1. The van der Waals surface area contributed by atoms with E-state index >= 15 is 0 Å². The summed E-state index contributed by atoms with van der Waals surface area (Å²) in [5.74, 6) is -1.24. The van der Waals surface area contributed by atoms with Gasteiger partial charge < -0.3 is 5.11 Å². The zero-order valence-corrected chi connectivity index (χ0v) is 9.73. The predicted octanol–water partition coefficient (Wildman–Crippen LogP) is 1.31. The van der Waals surface area contributed by atoms with Crippen molar-refractivity contribution >= 4 is 15.8 Å². The van der Waals surface area contributed by atoms with Crippen LogP contribution >= 0.6 is 0 Å². The van der Waals surface area contributed by atoms with E-state index in [2.05, 4.69) is 0 Å². The molecule has 84 valence electrons. The highest BCUT2D eigenvalue weighted by Crippen LogP contribution is 2.19. The van der Waals surface area contributed by atoms with Crippen LogP contribution in [0.1, 0.15) is 33.6 Å². The Morgan fingerprint density at radius 3 is 2.07 bits per heavy atom. The third kappa shape index (κ3) is 8.04. The van der Waals surface area contributed by atoms with Crippen LogP contribution in [0.2, 0.25) is 0 Å². The average Bonchev–Trinajstić information content (AvgIpc) is 1.97. The van der Waals surface area contributed by atoms with E-state index in [0.717, 1.165) is 0 Å². The van der Waals surface area contributed by atoms with Crippen LogP contribution in [-0.2, 0) is 14.6 Å². The van der Waals surface area contributed by atoms with Crippen molar-refractivity contribution in [1.82, 2.24) is 0 Å². The van der Waals surface area contributed by atoms with E-state index in [9.17, 15) is 13.2 Å². The second kappa shape index (κ2) is 4.77. The normalized spacial score (nSPS) is 12.8. The second-order valence-electron chi connectivity index (χ2n) is 4.61. The Labute approximate surface area is 85.2 Å². The maximum absolute atomic E-state index is 11.3. The van der Waals surface area contributed by atoms with Gasteiger partial charge in [-0.2, -0.15) is 0 Å². The molecule has 5 heteroatoms. The minimum atomic E-state index is -3.19. The maximum atomic E-state index is 11.3. The molecule has 4 nitrogen and oxygen atoms in total. The molecule has 0 atom stereocenters. The first kappa shape index (κ1) is 13.4. The molecule has 0 aromatic rings. The fraction of sp³-hybridized carbons (Fsp3) is 0.889. The number of hydrogen-bond donors (Lipinski definition) is 1. The SMILES string of the molecule is CC(C)(C)CCS(=O)(=O)CCC(=O)O. The summed E-state index contributed by atoms with van der Waals surface area (Å²) in [7, 11) is -3.19. The molecule has 0 aromatic carbocycles. The van der Waals surface area contributed by atoms with E-state index in [1.807, 2.05) is 20.8 Å². The first-order valence-corrected chi connectivity index (χ1v) is 6.37. The van der Waals surface area contributed by atoms with Gasteiger partial charge in [-0.3, -0.25) is 4.79 Å². The molecular weight excluding hydrogens is 204 g/mol. The van der Waals surface area contributed by atoms with Gasteiger partial charge in [0.1, 0.15) is 0 Å². The fourth-order valence-electron chi connectivity index (χ4n) is 0.807. The number of sulfone groups is 1. The Bertz CT molecular complexity index is 284. The smallest absolute Gasteiger partial charge is 0.304 e. The lowest BCUT2D eigenvalue weighted by atomic mass is 9.94. The topological polar surface area (TPSA) is 71.4 Å². The molecular formula is C9H18O4S. The highest BCUT2D eigenvalue weighted by Gasteiger charge is 2.18. The fourth-order valence-corrected chi connectivity index (χ4v) is 2.42. The van der Waals surface area contributed by atoms with Gasteiger partial charge >= 0.3 is 5.97 Å². The summed E-state index contributed by atoms with van der Waals surface area (Å²) in [4.78, 5) is 10.2. The summed E-state index contributed by atoms with van der Waals surface area (Å²) in [5, 5.41) is 8.34. The average molecular weight is 222 g/mol. The van der Waals surface area contributed by atoms with E-state index in [4.69, 9.17) is 5.11 Å². The number of carbonyl (C=O) groups is 1. The van der Waals surface area contributed by atoms with E-state index in [1.165, 1.54) is 0 Å². The van der Waals surface area contributed by atoms with Crippen LogP contribution in [0.15, 0.2) is 0 Å². The molecule has 0 aliphatic carbocycles. The van der Waals surface area contributed by atoms with Crippen molar-refractivity contribution in [3.63, 3.8) is 0 Å². The number of carboxylic acids is 1. The summed E-state index contributed by atoms with van der Waals surface area (Å²) in [6.07, 6.45) is 0.265. The zero-order chi connectivity index (χ0) is 11.4. The van der Waals surface area contributed by atoms with Gasteiger partial charge in [-0.25, -0.2) is 8.42 Å². The van der Waals surface area contributed by atoms with Gasteiger partial charge in [0, 0.05) is 0 Å². The molecule has 1 N–H and O–H groups in total. The van der Waals surface area contributed by atoms with Crippen LogP contribution in [-0.4, -0.2) is 31.0 Å². The molecule has 0 spiro atoms. The lowest BCUT2D eigenvalue weighted by Crippen LogP contribution is -2.18. The highest BCUT2D eigenvalue weighted by molar-refractivity contribution is 7.91. The number of rotatable bonds is 5. The summed E-state index contributed by atoms with van der Waals surface area (Å²) < 4.78 is 22.6. The molecule has 0 heterocycles. The van der Waals surface area contributed by atoms with Gasteiger partial charge in [0.05, 0.1) is 17.9 Å². The largest absolute Gasteiger partial charge is 0.481 e. The van der Waals surface area contributed by atoms with Crippen molar-refractivity contribution in [1.29, 1.82) is 0 Å². The van der Waals surface area contributed by atoms with Crippen LogP contribution in [0.3, 0.4) is 0 Å². The molecule has 0 amide bonds. The third-order valence-electron chi connectivity index (χ3n) is 1.79. The monoisotopic (exact) mass is 222 g/mol. The molecule has 0 aliphatic rings. The van der Waals surface area contributed by atoms with Crippen LogP contribution in [0.4, 0.5) is 0 Å². The number of hydrogen-bond acceptors (Lipinski definition) is 3. The predicted molar refractivity (Wildman–Crippen MR) is 55.0 cm³/mol. The van der Waals surface area contributed by atoms with Crippen molar-refractivity contribution < 1.29 is 18.3 Å². The first-order chi connectivity index (χ1) is 6.12. The summed E-state index contributed by atoms with van der Waals surface area (Å²) >= 11 is 0. The van der Waals surface area contributed by atoms with E-state index in [0.29, 0.717) is 6.42 Å². The quantitative estimate of drug-likeness (QED) is 0.761. The van der Waals surface area contributed by atoms with Crippen LogP contribution < -0.4 is 0 Å². The molecule has 0 fully saturated rings. The zero-order valence-electron chi connectivity index (χ0n) is 8.91. The lowest BCUT2D eigenvalue weighted by molar-refractivity contribution is -0.136. The van der Waals surface area contributed by atoms with Gasteiger partial charge in [-0.05, 0) is 11.8 Å². The minimum Gasteiger partial charge on any atom is -0.481 e. The van der Waals surface area contributed by atoms with E-state index in [1.54, 1.807) is 0 Å². The van der Waals surface area contributed by atoms with Gasteiger partial charge in [0.2, 0.25) is 0 Å². The molecule has 0 radical (unpaired) electrons. The molecule has 0 aliphatic heterocycles. The third-order valence-corrected chi connectivity index (χ3v) is 3.44. The van der Waals surface area contributed by atoms with Crippen molar-refractivity contribution in [2.24, 2.45) is 5.41 Å². The molecule has 0 saturated heterocycles. The Morgan fingerprint density at radius 1 is 1.21 bits per heavy atom. The summed E-state index contributed by atoms with van der Waals surface area (Å²) in [6, 6.07) is 0. The minimum absolute atomic E-state index is 0.0315. The molecule has 0 aromatic heterocycles. The summed E-state index contributed by atoms with van der Waals surface area (Å²) in [6.45, 7) is 5.87. The highest BCUT2D eigenvalue weighted by atomic mass is 32.2. The van der Waals surface area contributed by atoms with Gasteiger partial charge in [0.15, 0.2) is 9.84 Å². The van der Waals surface area contributed by atoms with Gasteiger partial charge in [-0.15, -0.1) is 0 Å². The van der Waals surface area contributed by atoms with Crippen molar-refractivity contribution in [3.8, 4) is 0 Å². The van der Waals surface area contributed by atoms with Crippen molar-refractivity contribution in [2.75, 3.05) is 11.5 Å². The van der Waals surface area contributed by atoms with Crippen molar-refractivity contribution in [3.05, 3.63) is 0 Å². The summed E-state index contributed by atoms with van der Waals surface area (Å²) in [5.41, 5.74) is -0.0315. The molecule has 14 heavy (non-hydrogen) atoms. The van der Waals surface area contributed by atoms with Crippen LogP contribution in [0, 0.1) is 5.41 Å². The molecule has 0 bridgehead atoms. The Balaban J connectivity index is 4.03. The van der Waals surface area contributed by atoms with Gasteiger partial charge in [0.25, 0.3) is 0 Å². The van der Waals surface area contributed by atoms with E-state index in [-0.39, 0.29) is 23.3 Å². The second-order valence-corrected chi connectivity index (χ2v) is 6.91. The van der Waals surface area contributed by atoms with Crippen LogP contribution in [0.25, 0.3) is 0 Å². The number of carboxylic acid groups (broad SMARTS) is 1. The standard InChI is InChI=1S/C9H18O4S/c1-9(2,3)5-7-14(12,13)6-4-8(10)11/h4-7H2,1-3H3,(H,10,11). The first-order valence-electron chi connectivity index (χ1n) is 4.55. The van der Waals surface area contributed by atoms with Crippen molar-refractivity contribution in [2.45, 2.75) is 33.6 Å². The van der Waals surface area contributed by atoms with Crippen LogP contribution in [0.5, 0.6) is 0 Å². The molecule has 0 rings (SSSR count). The van der Waals surface area contributed by atoms with E-state index < -0.39 is 15.8 Å². The van der Waals surface area contributed by atoms with Gasteiger partial charge in [-0.1, -0.05) is 20.8 Å². The maximum Gasteiger partial charge on any atom is 0.304 e. The Kier molecular flexibility index (Phi) is 4.58. The molecule has 0 saturated carbocycles.